The molecule has 0 aliphatic carbocycles. The van der Waals surface area contributed by atoms with Crippen molar-refractivity contribution < 1.29 is 13.9 Å². The number of hydrogen-bond acceptors (Lipinski definition) is 3. The summed E-state index contributed by atoms with van der Waals surface area (Å²) in [5.74, 6) is -1.87. The molecule has 0 radical (unpaired) electrons. The molecule has 0 aliphatic rings. The van der Waals surface area contributed by atoms with Gasteiger partial charge in [0.25, 0.3) is 0 Å². The van der Waals surface area contributed by atoms with Gasteiger partial charge in [0.1, 0.15) is 0 Å². The molecule has 1 aromatic heterocycles. The molecule has 0 unspecified atom stereocenters. The van der Waals surface area contributed by atoms with E-state index in [1.165, 1.54) is 19.1 Å². The Bertz CT molecular complexity index is 567. The summed E-state index contributed by atoms with van der Waals surface area (Å²) in [5.41, 5.74) is 0.388. The standard InChI is InChI=1S/C11H7ClF2N2O/c1-5-9(14)10(12)16-11(15-5)6-2-3-8(17)7(13)4-6/h2-4,17H,1H3. The molecule has 2 rings (SSSR count). The molecule has 0 aliphatic heterocycles. The summed E-state index contributed by atoms with van der Waals surface area (Å²) in [4.78, 5) is 7.56. The fraction of sp³-hybridized carbons (Fsp3) is 0.0909. The molecular weight excluding hydrogens is 250 g/mol. The van der Waals surface area contributed by atoms with Gasteiger partial charge < -0.3 is 5.11 Å². The van der Waals surface area contributed by atoms with Gasteiger partial charge in [0, 0.05) is 5.56 Å². The monoisotopic (exact) mass is 256 g/mol. The summed E-state index contributed by atoms with van der Waals surface area (Å²) in [6.45, 7) is 1.43. The zero-order valence-corrected chi connectivity index (χ0v) is 9.46. The van der Waals surface area contributed by atoms with E-state index in [1.807, 2.05) is 0 Å². The number of phenols is 1. The van der Waals surface area contributed by atoms with Crippen molar-refractivity contribution in [3.05, 3.63) is 40.7 Å². The Morgan fingerprint density at radius 1 is 1.24 bits per heavy atom. The number of nitrogens with zero attached hydrogens (tertiary/aromatic N) is 2. The van der Waals surface area contributed by atoms with E-state index in [9.17, 15) is 8.78 Å². The highest BCUT2D eigenvalue weighted by Crippen LogP contribution is 2.24. The Morgan fingerprint density at radius 3 is 2.53 bits per heavy atom. The van der Waals surface area contributed by atoms with Gasteiger partial charge in [-0.05, 0) is 25.1 Å². The molecule has 0 saturated heterocycles. The summed E-state index contributed by atoms with van der Waals surface area (Å²) in [7, 11) is 0. The summed E-state index contributed by atoms with van der Waals surface area (Å²) in [5, 5.41) is 8.72. The molecule has 0 spiro atoms. The van der Waals surface area contributed by atoms with E-state index in [2.05, 4.69) is 9.97 Å². The van der Waals surface area contributed by atoms with Crippen LogP contribution in [0.4, 0.5) is 8.78 Å². The highest BCUT2D eigenvalue weighted by atomic mass is 35.5. The van der Waals surface area contributed by atoms with Crippen molar-refractivity contribution in [1.82, 2.24) is 9.97 Å². The van der Waals surface area contributed by atoms with Crippen molar-refractivity contribution in [3.8, 4) is 17.1 Å². The highest BCUT2D eigenvalue weighted by molar-refractivity contribution is 6.29. The fourth-order valence-corrected chi connectivity index (χ4v) is 1.52. The number of halogens is 3. The van der Waals surface area contributed by atoms with Crippen LogP contribution in [0.1, 0.15) is 5.69 Å². The second-order valence-electron chi connectivity index (χ2n) is 3.40. The minimum atomic E-state index is -0.802. The van der Waals surface area contributed by atoms with E-state index in [0.29, 0.717) is 5.56 Å². The lowest BCUT2D eigenvalue weighted by molar-refractivity contribution is 0.432. The quantitative estimate of drug-likeness (QED) is 0.798. The predicted molar refractivity (Wildman–Crippen MR) is 58.8 cm³/mol. The van der Waals surface area contributed by atoms with E-state index in [1.54, 1.807) is 0 Å². The van der Waals surface area contributed by atoms with E-state index < -0.39 is 17.4 Å². The smallest absolute Gasteiger partial charge is 0.181 e. The van der Waals surface area contributed by atoms with Crippen LogP contribution in [-0.2, 0) is 0 Å². The lowest BCUT2D eigenvalue weighted by Crippen LogP contribution is -1.97. The summed E-state index contributed by atoms with van der Waals surface area (Å²) in [6.07, 6.45) is 0. The Kier molecular flexibility index (Phi) is 2.93. The van der Waals surface area contributed by atoms with E-state index in [-0.39, 0.29) is 16.7 Å². The number of rotatable bonds is 1. The molecule has 6 heteroatoms. The highest BCUT2D eigenvalue weighted by Gasteiger charge is 2.12. The maximum atomic E-state index is 13.2. The van der Waals surface area contributed by atoms with Crippen molar-refractivity contribution in [2.75, 3.05) is 0 Å². The van der Waals surface area contributed by atoms with Gasteiger partial charge in [0.05, 0.1) is 5.69 Å². The van der Waals surface area contributed by atoms with E-state index in [4.69, 9.17) is 16.7 Å². The maximum Gasteiger partial charge on any atom is 0.181 e. The molecule has 3 nitrogen and oxygen atoms in total. The van der Waals surface area contributed by atoms with Gasteiger partial charge >= 0.3 is 0 Å². The first-order valence-corrected chi connectivity index (χ1v) is 5.05. The van der Waals surface area contributed by atoms with Crippen LogP contribution < -0.4 is 0 Å². The van der Waals surface area contributed by atoms with Crippen LogP contribution in [0, 0.1) is 18.6 Å². The Balaban J connectivity index is 2.57. The Hall–Kier alpha value is -1.75. The molecule has 0 saturated carbocycles. The second kappa shape index (κ2) is 4.25. The zero-order chi connectivity index (χ0) is 12.6. The number of benzene rings is 1. The SMILES string of the molecule is Cc1nc(-c2ccc(O)c(F)c2)nc(Cl)c1F. The third kappa shape index (κ3) is 2.19. The number of phenolic OH excluding ortho intramolecular Hbond substituents is 1. The maximum absolute atomic E-state index is 13.2. The van der Waals surface area contributed by atoms with Crippen molar-refractivity contribution in [1.29, 1.82) is 0 Å². The van der Waals surface area contributed by atoms with Gasteiger partial charge in [0.15, 0.2) is 28.4 Å². The van der Waals surface area contributed by atoms with Crippen LogP contribution in [0.15, 0.2) is 18.2 Å². The number of aryl methyl sites for hydroxylation is 1. The van der Waals surface area contributed by atoms with Gasteiger partial charge in [-0.3, -0.25) is 0 Å². The third-order valence-corrected chi connectivity index (χ3v) is 2.43. The predicted octanol–water partition coefficient (Wildman–Crippen LogP) is 3.09. The van der Waals surface area contributed by atoms with Gasteiger partial charge in [-0.1, -0.05) is 11.6 Å². The molecule has 0 amide bonds. The molecule has 88 valence electrons. The largest absolute Gasteiger partial charge is 0.505 e. The third-order valence-electron chi connectivity index (χ3n) is 2.18. The van der Waals surface area contributed by atoms with Gasteiger partial charge in [-0.2, -0.15) is 0 Å². The number of aromatic hydroxyl groups is 1. The lowest BCUT2D eigenvalue weighted by Gasteiger charge is -2.04. The number of hydrogen-bond donors (Lipinski definition) is 1. The van der Waals surface area contributed by atoms with Crippen molar-refractivity contribution in [3.63, 3.8) is 0 Å². The molecule has 1 heterocycles. The molecular formula is C11H7ClF2N2O. The van der Waals surface area contributed by atoms with E-state index >= 15 is 0 Å². The van der Waals surface area contributed by atoms with Crippen LogP contribution in [0.3, 0.4) is 0 Å². The van der Waals surface area contributed by atoms with Crippen molar-refractivity contribution >= 4 is 11.6 Å². The first-order chi connectivity index (χ1) is 7.99. The van der Waals surface area contributed by atoms with Crippen LogP contribution in [0.25, 0.3) is 11.4 Å². The molecule has 0 atom stereocenters. The van der Waals surface area contributed by atoms with Gasteiger partial charge in [-0.15, -0.1) is 0 Å². The van der Waals surface area contributed by atoms with Crippen LogP contribution in [0.2, 0.25) is 5.15 Å². The van der Waals surface area contributed by atoms with Crippen molar-refractivity contribution in [2.24, 2.45) is 0 Å². The van der Waals surface area contributed by atoms with Gasteiger partial charge in [-0.25, -0.2) is 18.7 Å². The van der Waals surface area contributed by atoms with Crippen LogP contribution in [-0.4, -0.2) is 15.1 Å². The summed E-state index contributed by atoms with van der Waals surface area (Å²) < 4.78 is 26.3. The van der Waals surface area contributed by atoms with Crippen LogP contribution in [0.5, 0.6) is 5.75 Å². The second-order valence-corrected chi connectivity index (χ2v) is 3.76. The molecule has 1 aromatic carbocycles. The van der Waals surface area contributed by atoms with Crippen molar-refractivity contribution in [2.45, 2.75) is 6.92 Å². The minimum Gasteiger partial charge on any atom is -0.505 e. The van der Waals surface area contributed by atoms with Crippen LogP contribution >= 0.6 is 11.6 Å². The number of aromatic nitrogens is 2. The molecule has 0 fully saturated rings. The normalized spacial score (nSPS) is 10.6. The zero-order valence-electron chi connectivity index (χ0n) is 8.71. The Labute approximate surface area is 101 Å². The minimum absolute atomic E-state index is 0.0773. The fourth-order valence-electron chi connectivity index (χ4n) is 1.30. The summed E-state index contributed by atoms with van der Waals surface area (Å²) in [6, 6.07) is 3.64. The average Bonchev–Trinajstić information content (AvgIpc) is 2.29. The first kappa shape index (κ1) is 11.7. The molecule has 0 bridgehead atoms. The molecule has 1 N–H and O–H groups in total. The summed E-state index contributed by atoms with van der Waals surface area (Å²) >= 11 is 5.57. The Morgan fingerprint density at radius 2 is 1.94 bits per heavy atom. The first-order valence-electron chi connectivity index (χ1n) is 4.67. The van der Waals surface area contributed by atoms with Gasteiger partial charge in [0.2, 0.25) is 0 Å². The van der Waals surface area contributed by atoms with E-state index in [0.717, 1.165) is 6.07 Å². The average molecular weight is 257 g/mol. The molecule has 2 aromatic rings. The molecule has 17 heavy (non-hydrogen) atoms. The topological polar surface area (TPSA) is 46.0 Å². The lowest BCUT2D eigenvalue weighted by atomic mass is 10.2.